The number of epoxide rings is 1. The molecule has 1 fully saturated rings. The Morgan fingerprint density at radius 1 is 1.62 bits per heavy atom. The molecule has 0 amide bonds. The van der Waals surface area contributed by atoms with Gasteiger partial charge in [-0.25, -0.2) is 0 Å². The van der Waals surface area contributed by atoms with E-state index in [9.17, 15) is 0 Å². The van der Waals surface area contributed by atoms with E-state index in [0.717, 1.165) is 12.8 Å². The Bertz CT molecular complexity index is 76.8. The van der Waals surface area contributed by atoms with Crippen molar-refractivity contribution in [2.24, 2.45) is 5.73 Å². The molecule has 3 nitrogen and oxygen atoms in total. The third kappa shape index (κ3) is 1.43. The first-order valence-electron chi connectivity index (χ1n) is 2.88. The van der Waals surface area contributed by atoms with Gasteiger partial charge in [0.1, 0.15) is 6.10 Å². The Morgan fingerprint density at radius 2 is 2.25 bits per heavy atom. The summed E-state index contributed by atoms with van der Waals surface area (Å²) in [5.41, 5.74) is 5.21. The Kier molecular flexibility index (Phi) is 1.83. The molecule has 3 N–H and O–H groups in total. The number of aliphatic hydroxyl groups excluding tert-OH is 1. The first-order chi connectivity index (χ1) is 3.84. The molecule has 1 aliphatic heterocycles. The van der Waals surface area contributed by atoms with Crippen molar-refractivity contribution in [1.29, 1.82) is 0 Å². The first-order valence-corrected chi connectivity index (χ1v) is 2.88. The second-order valence-corrected chi connectivity index (χ2v) is 2.00. The molecule has 1 aliphatic rings. The van der Waals surface area contributed by atoms with Crippen LogP contribution in [-0.4, -0.2) is 24.0 Å². The van der Waals surface area contributed by atoms with Crippen LogP contribution >= 0.6 is 0 Å². The van der Waals surface area contributed by atoms with Crippen molar-refractivity contribution in [2.75, 3.05) is 6.54 Å². The van der Waals surface area contributed by atoms with Crippen LogP contribution in [0.5, 0.6) is 0 Å². The Balaban J connectivity index is 1.89. The number of nitrogens with two attached hydrogens (primary N) is 1. The van der Waals surface area contributed by atoms with Crippen LogP contribution < -0.4 is 5.73 Å². The minimum atomic E-state index is -0.485. The monoisotopic (exact) mass is 117 g/mol. The van der Waals surface area contributed by atoms with Gasteiger partial charge < -0.3 is 15.6 Å². The molecular formula is C5H11NO2. The topological polar surface area (TPSA) is 58.8 Å². The summed E-state index contributed by atoms with van der Waals surface area (Å²) >= 11 is 0. The number of rotatable bonds is 3. The quantitative estimate of drug-likeness (QED) is 0.487. The minimum absolute atomic E-state index is 0.0959. The molecule has 0 aromatic rings. The van der Waals surface area contributed by atoms with Crippen molar-refractivity contribution in [1.82, 2.24) is 0 Å². The summed E-state index contributed by atoms with van der Waals surface area (Å²) < 4.78 is 4.72. The van der Waals surface area contributed by atoms with Crippen molar-refractivity contribution in [3.63, 3.8) is 0 Å². The lowest BCUT2D eigenvalue weighted by atomic mass is 10.2. The largest absolute Gasteiger partial charge is 0.366 e. The van der Waals surface area contributed by atoms with Crippen LogP contribution in [0.4, 0.5) is 0 Å². The maximum atomic E-state index is 8.59. The highest BCUT2D eigenvalue weighted by atomic mass is 16.7. The number of hydrogen-bond donors (Lipinski definition) is 2. The lowest BCUT2D eigenvalue weighted by Crippen LogP contribution is -2.01. The van der Waals surface area contributed by atoms with Gasteiger partial charge in [0.25, 0.3) is 0 Å². The highest BCUT2D eigenvalue weighted by Crippen LogP contribution is 2.22. The van der Waals surface area contributed by atoms with Gasteiger partial charge in [-0.15, -0.1) is 0 Å². The molecule has 2 unspecified atom stereocenters. The van der Waals surface area contributed by atoms with Gasteiger partial charge in [0, 0.05) is 0 Å². The van der Waals surface area contributed by atoms with Crippen LogP contribution in [0.15, 0.2) is 0 Å². The summed E-state index contributed by atoms with van der Waals surface area (Å²) in [6, 6.07) is 0. The molecule has 0 aromatic carbocycles. The van der Waals surface area contributed by atoms with Gasteiger partial charge in [0.05, 0.1) is 0 Å². The molecular weight excluding hydrogens is 106 g/mol. The molecule has 0 spiro atoms. The maximum absolute atomic E-state index is 8.59. The summed E-state index contributed by atoms with van der Waals surface area (Å²) in [6.45, 7) is 0.687. The average molecular weight is 117 g/mol. The summed E-state index contributed by atoms with van der Waals surface area (Å²) in [4.78, 5) is 0. The molecule has 1 saturated heterocycles. The van der Waals surface area contributed by atoms with Crippen molar-refractivity contribution < 1.29 is 9.84 Å². The van der Waals surface area contributed by atoms with Gasteiger partial charge >= 0.3 is 0 Å². The zero-order valence-corrected chi connectivity index (χ0v) is 4.71. The van der Waals surface area contributed by atoms with Crippen LogP contribution in [0.3, 0.4) is 0 Å². The Hall–Kier alpha value is -0.120. The van der Waals surface area contributed by atoms with E-state index in [1.54, 1.807) is 0 Å². The van der Waals surface area contributed by atoms with E-state index in [1.807, 2.05) is 0 Å². The summed E-state index contributed by atoms with van der Waals surface area (Å²) in [5.74, 6) is 0. The molecule has 0 bridgehead atoms. The fourth-order valence-electron chi connectivity index (χ4n) is 0.663. The van der Waals surface area contributed by atoms with Gasteiger partial charge in [-0.1, -0.05) is 0 Å². The fraction of sp³-hybridized carbons (Fsp3) is 1.00. The standard InChI is InChI=1S/C5H11NO2/c6-3-1-2-4-5(7)8-4/h4-5,7H,1-3,6H2. The van der Waals surface area contributed by atoms with Crippen LogP contribution in [0.2, 0.25) is 0 Å². The summed E-state index contributed by atoms with van der Waals surface area (Å²) in [5, 5.41) is 8.59. The predicted molar refractivity (Wildman–Crippen MR) is 29.2 cm³/mol. The molecule has 0 saturated carbocycles. The summed E-state index contributed by atoms with van der Waals surface area (Å²) in [6.07, 6.45) is 1.46. The van der Waals surface area contributed by atoms with E-state index >= 15 is 0 Å². The molecule has 3 heteroatoms. The molecule has 0 aliphatic carbocycles. The zero-order valence-electron chi connectivity index (χ0n) is 4.71. The SMILES string of the molecule is NCCCC1OC1O. The van der Waals surface area contributed by atoms with E-state index in [4.69, 9.17) is 15.6 Å². The molecule has 1 rings (SSSR count). The zero-order chi connectivity index (χ0) is 5.98. The number of aliphatic hydroxyl groups is 1. The molecule has 8 heavy (non-hydrogen) atoms. The average Bonchev–Trinajstić information content (AvgIpc) is 2.42. The van der Waals surface area contributed by atoms with Crippen molar-refractivity contribution in [3.05, 3.63) is 0 Å². The van der Waals surface area contributed by atoms with E-state index in [0.29, 0.717) is 6.54 Å². The van der Waals surface area contributed by atoms with Crippen LogP contribution in [0, 0.1) is 0 Å². The van der Waals surface area contributed by atoms with Gasteiger partial charge in [-0.05, 0) is 19.4 Å². The van der Waals surface area contributed by atoms with Crippen molar-refractivity contribution in [3.8, 4) is 0 Å². The molecule has 2 atom stereocenters. The third-order valence-electron chi connectivity index (χ3n) is 1.25. The lowest BCUT2D eigenvalue weighted by Gasteiger charge is -1.87. The smallest absolute Gasteiger partial charge is 0.181 e. The molecule has 0 radical (unpaired) electrons. The van der Waals surface area contributed by atoms with Crippen LogP contribution in [0.1, 0.15) is 12.8 Å². The normalized spacial score (nSPS) is 35.2. The maximum Gasteiger partial charge on any atom is 0.181 e. The second kappa shape index (κ2) is 2.44. The lowest BCUT2D eigenvalue weighted by molar-refractivity contribution is 0.156. The highest BCUT2D eigenvalue weighted by molar-refractivity contribution is 4.74. The summed E-state index contributed by atoms with van der Waals surface area (Å²) in [7, 11) is 0. The first kappa shape index (κ1) is 6.01. The third-order valence-corrected chi connectivity index (χ3v) is 1.25. The second-order valence-electron chi connectivity index (χ2n) is 2.00. The van der Waals surface area contributed by atoms with E-state index < -0.39 is 6.29 Å². The molecule has 1 heterocycles. The highest BCUT2D eigenvalue weighted by Gasteiger charge is 2.35. The van der Waals surface area contributed by atoms with Crippen molar-refractivity contribution >= 4 is 0 Å². The minimum Gasteiger partial charge on any atom is -0.366 e. The van der Waals surface area contributed by atoms with Crippen LogP contribution in [0.25, 0.3) is 0 Å². The van der Waals surface area contributed by atoms with Crippen molar-refractivity contribution in [2.45, 2.75) is 25.2 Å². The van der Waals surface area contributed by atoms with E-state index in [1.165, 1.54) is 0 Å². The van der Waals surface area contributed by atoms with Gasteiger partial charge in [0.15, 0.2) is 6.29 Å². The molecule has 0 aromatic heterocycles. The molecule has 48 valence electrons. The van der Waals surface area contributed by atoms with Crippen LogP contribution in [-0.2, 0) is 4.74 Å². The Labute approximate surface area is 48.4 Å². The fourth-order valence-corrected chi connectivity index (χ4v) is 0.663. The van der Waals surface area contributed by atoms with E-state index in [2.05, 4.69) is 0 Å². The number of hydrogen-bond acceptors (Lipinski definition) is 3. The predicted octanol–water partition coefficient (Wildman–Crippen LogP) is -0.558. The van der Waals surface area contributed by atoms with Gasteiger partial charge in [0.2, 0.25) is 0 Å². The van der Waals surface area contributed by atoms with E-state index in [-0.39, 0.29) is 6.10 Å². The van der Waals surface area contributed by atoms with Gasteiger partial charge in [-0.2, -0.15) is 0 Å². The van der Waals surface area contributed by atoms with Gasteiger partial charge in [-0.3, -0.25) is 0 Å². The Morgan fingerprint density at radius 3 is 2.62 bits per heavy atom. The number of ether oxygens (including phenoxy) is 1.